The summed E-state index contributed by atoms with van der Waals surface area (Å²) in [5.74, 6) is 0.159. The van der Waals surface area contributed by atoms with Crippen LogP contribution in [0.3, 0.4) is 0 Å². The molecule has 2 N–H and O–H groups in total. The van der Waals surface area contributed by atoms with Crippen LogP contribution in [0.1, 0.15) is 38.6 Å². The maximum atomic E-state index is 12.2. The zero-order valence-electron chi connectivity index (χ0n) is 13.1. The smallest absolute Gasteiger partial charge is 0.410 e. The number of hydrogen-bond donors (Lipinski definition) is 2. The molecule has 0 unspecified atom stereocenters. The molecule has 0 saturated carbocycles. The van der Waals surface area contributed by atoms with Crippen molar-refractivity contribution in [1.82, 2.24) is 14.9 Å². The second-order valence-corrected chi connectivity index (χ2v) is 6.26. The third-order valence-corrected chi connectivity index (χ3v) is 3.32. The highest BCUT2D eigenvalue weighted by atomic mass is 16.6. The topological polar surface area (TPSA) is 87.3 Å². The average Bonchev–Trinajstić information content (AvgIpc) is 2.52. The molecule has 2 heterocycles. The number of H-pyrrole nitrogens is 1. The number of rotatable bonds is 2. The Morgan fingerprint density at radius 3 is 2.48 bits per heavy atom. The number of amides is 2. The van der Waals surface area contributed by atoms with E-state index in [0.29, 0.717) is 18.9 Å². The molecule has 2 rings (SSSR count). The fraction of sp³-hybridized carbons (Fsp3) is 0.643. The quantitative estimate of drug-likeness (QED) is 0.873. The van der Waals surface area contributed by atoms with Crippen molar-refractivity contribution in [1.29, 1.82) is 0 Å². The van der Waals surface area contributed by atoms with Crippen molar-refractivity contribution < 1.29 is 14.3 Å². The Bertz CT molecular complexity index is 540. The molecule has 21 heavy (non-hydrogen) atoms. The molecule has 0 radical (unpaired) electrons. The Morgan fingerprint density at radius 2 is 2.05 bits per heavy atom. The number of carbonyl (C=O) groups excluding carboxylic acids is 2. The van der Waals surface area contributed by atoms with Crippen LogP contribution < -0.4 is 5.32 Å². The van der Waals surface area contributed by atoms with Crippen LogP contribution in [0.25, 0.3) is 0 Å². The molecule has 1 saturated heterocycles. The van der Waals surface area contributed by atoms with Crippen LogP contribution in [0.5, 0.6) is 0 Å². The molecular formula is C14H22N4O3. The van der Waals surface area contributed by atoms with Gasteiger partial charge in [0.2, 0.25) is 11.9 Å². The summed E-state index contributed by atoms with van der Waals surface area (Å²) in [6, 6.07) is -0.495. The second kappa shape index (κ2) is 5.38. The first-order chi connectivity index (χ1) is 9.67. The van der Waals surface area contributed by atoms with E-state index in [1.807, 2.05) is 13.8 Å². The van der Waals surface area contributed by atoms with Crippen LogP contribution in [0, 0.1) is 13.8 Å². The number of nitrogens with one attached hydrogen (secondary N) is 2. The third kappa shape index (κ3) is 3.53. The van der Waals surface area contributed by atoms with E-state index in [0.717, 1.165) is 11.4 Å². The molecule has 0 aliphatic carbocycles. The lowest BCUT2D eigenvalue weighted by Crippen LogP contribution is -2.57. The molecule has 1 aliphatic heterocycles. The number of nitrogens with zero attached hydrogens (tertiary/aromatic N) is 2. The van der Waals surface area contributed by atoms with Gasteiger partial charge in [0.05, 0.1) is 5.69 Å². The molecule has 7 heteroatoms. The molecule has 1 aromatic heterocycles. The van der Waals surface area contributed by atoms with Crippen LogP contribution >= 0.6 is 0 Å². The fourth-order valence-electron chi connectivity index (χ4n) is 2.01. The zero-order valence-corrected chi connectivity index (χ0v) is 13.1. The van der Waals surface area contributed by atoms with E-state index in [4.69, 9.17) is 4.74 Å². The van der Waals surface area contributed by atoms with Gasteiger partial charge in [-0.05, 0) is 41.0 Å². The maximum Gasteiger partial charge on any atom is 0.410 e. The standard InChI is InChI=1S/C14H22N4O3/c1-8-9(2)16-12(15-8)17-11(19)10-6-7-18(10)13(20)21-14(3,4)5/h10H,6-7H2,1-5H3,(H2,15,16,17,19)/t10-/m1/s1. The first-order valence-corrected chi connectivity index (χ1v) is 7.01. The highest BCUT2D eigenvalue weighted by Gasteiger charge is 2.40. The number of likely N-dealkylation sites (tertiary alicyclic amines) is 1. The highest BCUT2D eigenvalue weighted by molar-refractivity contribution is 5.96. The number of anilines is 1. The predicted octanol–water partition coefficient (Wildman–Crippen LogP) is 1.97. The van der Waals surface area contributed by atoms with Crippen molar-refractivity contribution in [2.45, 2.75) is 52.7 Å². The maximum absolute atomic E-state index is 12.2. The van der Waals surface area contributed by atoms with E-state index < -0.39 is 17.7 Å². The van der Waals surface area contributed by atoms with E-state index in [9.17, 15) is 9.59 Å². The number of ether oxygens (including phenoxy) is 1. The van der Waals surface area contributed by atoms with Gasteiger partial charge in [-0.15, -0.1) is 0 Å². The summed E-state index contributed by atoms with van der Waals surface area (Å²) in [6.45, 7) is 9.67. The first kappa shape index (κ1) is 15.3. The van der Waals surface area contributed by atoms with Gasteiger partial charge in [0, 0.05) is 12.2 Å². The summed E-state index contributed by atoms with van der Waals surface area (Å²) >= 11 is 0. The normalized spacial score (nSPS) is 18.1. The summed E-state index contributed by atoms with van der Waals surface area (Å²) in [7, 11) is 0. The van der Waals surface area contributed by atoms with Crippen molar-refractivity contribution in [3.63, 3.8) is 0 Å². The summed E-state index contributed by atoms with van der Waals surface area (Å²) in [6.07, 6.45) is 0.171. The first-order valence-electron chi connectivity index (χ1n) is 7.01. The second-order valence-electron chi connectivity index (χ2n) is 6.26. The van der Waals surface area contributed by atoms with Gasteiger partial charge in [-0.3, -0.25) is 15.0 Å². The van der Waals surface area contributed by atoms with E-state index >= 15 is 0 Å². The zero-order chi connectivity index (χ0) is 15.8. The van der Waals surface area contributed by atoms with E-state index in [1.54, 1.807) is 20.8 Å². The fourth-order valence-corrected chi connectivity index (χ4v) is 2.01. The minimum atomic E-state index is -0.567. The molecule has 0 bridgehead atoms. The molecule has 1 aromatic rings. The molecule has 116 valence electrons. The molecule has 1 aliphatic rings. The summed E-state index contributed by atoms with van der Waals surface area (Å²) in [4.78, 5) is 32.8. The molecule has 1 atom stereocenters. The molecule has 1 fully saturated rings. The third-order valence-electron chi connectivity index (χ3n) is 3.32. The van der Waals surface area contributed by atoms with Gasteiger partial charge in [-0.25, -0.2) is 9.78 Å². The van der Waals surface area contributed by atoms with Crippen LogP contribution in [0.4, 0.5) is 10.7 Å². The van der Waals surface area contributed by atoms with Crippen molar-refractivity contribution >= 4 is 17.9 Å². The molecule has 2 amide bonds. The lowest BCUT2D eigenvalue weighted by molar-refractivity contribution is -0.125. The number of aromatic amines is 1. The number of aromatic nitrogens is 2. The molecule has 0 spiro atoms. The largest absolute Gasteiger partial charge is 0.444 e. The minimum Gasteiger partial charge on any atom is -0.444 e. The summed E-state index contributed by atoms with van der Waals surface area (Å²) < 4.78 is 5.28. The Hall–Kier alpha value is -2.05. The van der Waals surface area contributed by atoms with Gasteiger partial charge in [-0.1, -0.05) is 0 Å². The van der Waals surface area contributed by atoms with Crippen molar-refractivity contribution in [2.24, 2.45) is 0 Å². The Labute approximate surface area is 124 Å². The van der Waals surface area contributed by atoms with Gasteiger partial charge in [0.1, 0.15) is 11.6 Å². The van der Waals surface area contributed by atoms with E-state index in [1.165, 1.54) is 4.90 Å². The van der Waals surface area contributed by atoms with E-state index in [2.05, 4.69) is 15.3 Å². The van der Waals surface area contributed by atoms with Crippen LogP contribution in [0.2, 0.25) is 0 Å². The Balaban J connectivity index is 1.95. The van der Waals surface area contributed by atoms with Crippen molar-refractivity contribution in [3.05, 3.63) is 11.4 Å². The number of hydrogen-bond acceptors (Lipinski definition) is 4. The molecule has 0 aromatic carbocycles. The van der Waals surface area contributed by atoms with Crippen molar-refractivity contribution in [3.8, 4) is 0 Å². The van der Waals surface area contributed by atoms with Gasteiger partial charge >= 0.3 is 6.09 Å². The van der Waals surface area contributed by atoms with Crippen LogP contribution in [-0.4, -0.2) is 45.1 Å². The van der Waals surface area contributed by atoms with Crippen LogP contribution in [0.15, 0.2) is 0 Å². The monoisotopic (exact) mass is 294 g/mol. The number of carbonyl (C=O) groups is 2. The summed E-state index contributed by atoms with van der Waals surface area (Å²) in [5, 5.41) is 2.70. The summed E-state index contributed by atoms with van der Waals surface area (Å²) in [5.41, 5.74) is 1.17. The number of imidazole rings is 1. The predicted molar refractivity (Wildman–Crippen MR) is 78.0 cm³/mol. The Morgan fingerprint density at radius 1 is 1.38 bits per heavy atom. The molecule has 7 nitrogen and oxygen atoms in total. The average molecular weight is 294 g/mol. The van der Waals surface area contributed by atoms with Gasteiger partial charge in [-0.2, -0.15) is 0 Å². The minimum absolute atomic E-state index is 0.249. The lowest BCUT2D eigenvalue weighted by Gasteiger charge is -2.39. The van der Waals surface area contributed by atoms with Gasteiger partial charge < -0.3 is 9.72 Å². The highest BCUT2D eigenvalue weighted by Crippen LogP contribution is 2.22. The molecular weight excluding hydrogens is 272 g/mol. The van der Waals surface area contributed by atoms with Gasteiger partial charge in [0.25, 0.3) is 0 Å². The van der Waals surface area contributed by atoms with Crippen LogP contribution in [-0.2, 0) is 9.53 Å². The van der Waals surface area contributed by atoms with E-state index in [-0.39, 0.29) is 5.91 Å². The lowest BCUT2D eigenvalue weighted by atomic mass is 10.0. The van der Waals surface area contributed by atoms with Gasteiger partial charge in [0.15, 0.2) is 0 Å². The Kier molecular flexibility index (Phi) is 3.93. The SMILES string of the molecule is Cc1nc(NC(=O)[C@H]2CCN2C(=O)OC(C)(C)C)[nH]c1C. The van der Waals surface area contributed by atoms with Crippen molar-refractivity contribution in [2.75, 3.05) is 11.9 Å². The number of aryl methyl sites for hydroxylation is 2.